The molecule has 1 aromatic rings. The average molecular weight is 325 g/mol. The van der Waals surface area contributed by atoms with Gasteiger partial charge in [-0.3, -0.25) is 19.5 Å². The number of sulfonamides is 1. The second-order valence-corrected chi connectivity index (χ2v) is 7.18. The SMILES string of the molecule is C[C@H](Cc1ccccn1)NS(=O)(=O)CCN1C(=O)CCC1=O. The van der Waals surface area contributed by atoms with Gasteiger partial charge in [-0.1, -0.05) is 6.07 Å². The number of likely N-dealkylation sites (tertiary alicyclic amines) is 1. The Kier molecular flexibility index (Phi) is 5.25. The monoisotopic (exact) mass is 325 g/mol. The highest BCUT2D eigenvalue weighted by Crippen LogP contribution is 2.11. The smallest absolute Gasteiger partial charge is 0.229 e. The minimum absolute atomic E-state index is 0.0939. The van der Waals surface area contributed by atoms with Crippen LogP contribution in [0.2, 0.25) is 0 Å². The number of imide groups is 1. The molecule has 1 aromatic heterocycles. The van der Waals surface area contributed by atoms with Gasteiger partial charge in [0.05, 0.1) is 5.75 Å². The van der Waals surface area contributed by atoms with Crippen LogP contribution in [0.5, 0.6) is 0 Å². The van der Waals surface area contributed by atoms with Gasteiger partial charge < -0.3 is 0 Å². The zero-order valence-corrected chi connectivity index (χ0v) is 13.2. The van der Waals surface area contributed by atoms with Crippen molar-refractivity contribution in [3.63, 3.8) is 0 Å². The number of amides is 2. The van der Waals surface area contributed by atoms with E-state index in [0.29, 0.717) is 6.42 Å². The number of hydrogen-bond donors (Lipinski definition) is 1. The molecule has 22 heavy (non-hydrogen) atoms. The molecule has 2 amide bonds. The fourth-order valence-electron chi connectivity index (χ4n) is 2.32. The van der Waals surface area contributed by atoms with Gasteiger partial charge in [0.25, 0.3) is 0 Å². The quantitative estimate of drug-likeness (QED) is 0.716. The molecule has 0 bridgehead atoms. The van der Waals surface area contributed by atoms with Crippen molar-refractivity contribution in [2.75, 3.05) is 12.3 Å². The van der Waals surface area contributed by atoms with Crippen molar-refractivity contribution in [1.29, 1.82) is 0 Å². The summed E-state index contributed by atoms with van der Waals surface area (Å²) in [7, 11) is -3.56. The standard InChI is InChI=1S/C14H19N3O4S/c1-11(10-12-4-2-3-7-15-12)16-22(20,21)9-8-17-13(18)5-6-14(17)19/h2-4,7,11,16H,5-6,8-10H2,1H3/t11-/m1/s1. The molecule has 1 N–H and O–H groups in total. The maximum atomic E-state index is 12.0. The largest absolute Gasteiger partial charge is 0.282 e. The van der Waals surface area contributed by atoms with E-state index in [0.717, 1.165) is 10.6 Å². The molecule has 1 aliphatic heterocycles. The molecule has 0 unspecified atom stereocenters. The van der Waals surface area contributed by atoms with Gasteiger partial charge in [0.15, 0.2) is 0 Å². The number of nitrogens with one attached hydrogen (secondary N) is 1. The second-order valence-electron chi connectivity index (χ2n) is 5.30. The summed E-state index contributed by atoms with van der Waals surface area (Å²) in [5.41, 5.74) is 0.794. The molecule has 7 nitrogen and oxygen atoms in total. The number of pyridine rings is 1. The van der Waals surface area contributed by atoms with E-state index in [1.54, 1.807) is 19.2 Å². The Morgan fingerprint density at radius 3 is 2.55 bits per heavy atom. The molecule has 0 spiro atoms. The highest BCUT2D eigenvalue weighted by molar-refractivity contribution is 7.89. The molecule has 0 saturated carbocycles. The van der Waals surface area contributed by atoms with Crippen molar-refractivity contribution in [3.05, 3.63) is 30.1 Å². The van der Waals surface area contributed by atoms with E-state index in [1.807, 2.05) is 12.1 Å². The number of nitrogens with zero attached hydrogens (tertiary/aromatic N) is 2. The second kappa shape index (κ2) is 6.97. The Morgan fingerprint density at radius 1 is 1.27 bits per heavy atom. The van der Waals surface area contributed by atoms with Crippen LogP contribution in [0.1, 0.15) is 25.5 Å². The summed E-state index contributed by atoms with van der Waals surface area (Å²) in [4.78, 5) is 28.1. The van der Waals surface area contributed by atoms with Crippen molar-refractivity contribution in [2.45, 2.75) is 32.2 Å². The zero-order chi connectivity index (χ0) is 16.2. The molecule has 1 fully saturated rings. The summed E-state index contributed by atoms with van der Waals surface area (Å²) in [5.74, 6) is -0.889. The van der Waals surface area contributed by atoms with Gasteiger partial charge in [-0.05, 0) is 19.1 Å². The molecule has 0 aromatic carbocycles. The lowest BCUT2D eigenvalue weighted by atomic mass is 10.2. The first-order chi connectivity index (χ1) is 10.4. The summed E-state index contributed by atoms with van der Waals surface area (Å²) >= 11 is 0. The number of rotatable bonds is 7. The normalized spacial score (nSPS) is 17.0. The van der Waals surface area contributed by atoms with E-state index in [-0.39, 0.29) is 43.0 Å². The van der Waals surface area contributed by atoms with E-state index in [2.05, 4.69) is 9.71 Å². The summed E-state index contributed by atoms with van der Waals surface area (Å²) in [6.07, 6.45) is 2.47. The van der Waals surface area contributed by atoms with E-state index in [4.69, 9.17) is 0 Å². The third-order valence-electron chi connectivity index (χ3n) is 3.36. The van der Waals surface area contributed by atoms with Crippen LogP contribution in [0.15, 0.2) is 24.4 Å². The number of carbonyl (C=O) groups is 2. The minimum Gasteiger partial charge on any atom is -0.282 e. The Hall–Kier alpha value is -1.80. The predicted molar refractivity (Wildman–Crippen MR) is 80.3 cm³/mol. The van der Waals surface area contributed by atoms with Gasteiger partial charge in [-0.25, -0.2) is 13.1 Å². The Morgan fingerprint density at radius 2 is 1.95 bits per heavy atom. The third-order valence-corrected chi connectivity index (χ3v) is 4.84. The fraction of sp³-hybridized carbons (Fsp3) is 0.500. The van der Waals surface area contributed by atoms with Crippen LogP contribution in [-0.4, -0.2) is 48.5 Å². The van der Waals surface area contributed by atoms with Crippen molar-refractivity contribution >= 4 is 21.8 Å². The van der Waals surface area contributed by atoms with E-state index >= 15 is 0 Å². The van der Waals surface area contributed by atoms with Gasteiger partial charge in [0.2, 0.25) is 21.8 Å². The van der Waals surface area contributed by atoms with E-state index in [1.165, 1.54) is 0 Å². The van der Waals surface area contributed by atoms with Crippen LogP contribution >= 0.6 is 0 Å². The van der Waals surface area contributed by atoms with Gasteiger partial charge in [0.1, 0.15) is 0 Å². The molecular formula is C14H19N3O4S. The van der Waals surface area contributed by atoms with E-state index in [9.17, 15) is 18.0 Å². The Bertz CT molecular complexity index is 629. The molecule has 0 radical (unpaired) electrons. The molecule has 120 valence electrons. The third kappa shape index (κ3) is 4.60. The van der Waals surface area contributed by atoms with Crippen LogP contribution in [-0.2, 0) is 26.0 Å². The molecule has 8 heteroatoms. The molecule has 2 rings (SSSR count). The van der Waals surface area contributed by atoms with Crippen LogP contribution in [0.25, 0.3) is 0 Å². The first-order valence-electron chi connectivity index (χ1n) is 7.10. The lowest BCUT2D eigenvalue weighted by molar-refractivity contribution is -0.137. The Balaban J connectivity index is 1.85. The molecule has 2 heterocycles. The van der Waals surface area contributed by atoms with Crippen molar-refractivity contribution in [2.24, 2.45) is 0 Å². The topological polar surface area (TPSA) is 96.4 Å². The van der Waals surface area contributed by atoms with Crippen molar-refractivity contribution in [3.8, 4) is 0 Å². The molecular weight excluding hydrogens is 306 g/mol. The fourth-order valence-corrected chi connectivity index (χ4v) is 3.56. The summed E-state index contributed by atoms with van der Waals surface area (Å²) in [5, 5.41) is 0. The molecule has 1 saturated heterocycles. The summed E-state index contributed by atoms with van der Waals surface area (Å²) < 4.78 is 26.6. The van der Waals surface area contributed by atoms with Crippen LogP contribution in [0, 0.1) is 0 Å². The maximum Gasteiger partial charge on any atom is 0.229 e. The van der Waals surface area contributed by atoms with E-state index < -0.39 is 10.0 Å². The van der Waals surface area contributed by atoms with Crippen molar-refractivity contribution < 1.29 is 18.0 Å². The highest BCUT2D eigenvalue weighted by atomic mass is 32.2. The predicted octanol–water partition coefficient (Wildman–Crippen LogP) is 0.0810. The van der Waals surface area contributed by atoms with Crippen LogP contribution in [0.4, 0.5) is 0 Å². The van der Waals surface area contributed by atoms with Crippen LogP contribution in [0.3, 0.4) is 0 Å². The van der Waals surface area contributed by atoms with Gasteiger partial charge in [0, 0.05) is 43.7 Å². The number of aromatic nitrogens is 1. The van der Waals surface area contributed by atoms with Gasteiger partial charge in [-0.2, -0.15) is 0 Å². The summed E-state index contributed by atoms with van der Waals surface area (Å²) in [6, 6.07) is 5.15. The molecule has 1 atom stereocenters. The van der Waals surface area contributed by atoms with Gasteiger partial charge in [-0.15, -0.1) is 0 Å². The highest BCUT2D eigenvalue weighted by Gasteiger charge is 2.30. The first kappa shape index (κ1) is 16.6. The number of carbonyl (C=O) groups excluding carboxylic acids is 2. The Labute approximate surface area is 129 Å². The van der Waals surface area contributed by atoms with Crippen molar-refractivity contribution in [1.82, 2.24) is 14.6 Å². The zero-order valence-electron chi connectivity index (χ0n) is 12.4. The maximum absolute atomic E-state index is 12.0. The minimum atomic E-state index is -3.56. The molecule has 0 aliphatic carbocycles. The number of hydrogen-bond acceptors (Lipinski definition) is 5. The van der Waals surface area contributed by atoms with Gasteiger partial charge >= 0.3 is 0 Å². The van der Waals surface area contributed by atoms with Crippen LogP contribution < -0.4 is 4.72 Å². The lowest BCUT2D eigenvalue weighted by Gasteiger charge is -2.17. The summed E-state index contributed by atoms with van der Waals surface area (Å²) in [6.45, 7) is 1.65. The molecule has 1 aliphatic rings. The lowest BCUT2D eigenvalue weighted by Crippen LogP contribution is -2.40. The average Bonchev–Trinajstić information content (AvgIpc) is 2.76. The first-order valence-corrected chi connectivity index (χ1v) is 8.76.